The number of hydrogen-bond donors (Lipinski definition) is 1. The molecule has 3 nitrogen and oxygen atoms in total. The number of thioether (sulfide) groups is 1. The average Bonchev–Trinajstić information content (AvgIpc) is 3.14. The summed E-state index contributed by atoms with van der Waals surface area (Å²) in [6.45, 7) is 8.27. The second-order valence-electron chi connectivity index (χ2n) is 7.04. The second kappa shape index (κ2) is 8.65. The van der Waals surface area contributed by atoms with Crippen LogP contribution < -0.4 is 10.1 Å². The molecule has 1 N–H and O–H groups in total. The Morgan fingerprint density at radius 1 is 1.26 bits per heavy atom. The number of rotatable bonds is 7. The molecule has 0 fully saturated rings. The van der Waals surface area contributed by atoms with Gasteiger partial charge in [-0.25, -0.2) is 0 Å². The van der Waals surface area contributed by atoms with Gasteiger partial charge < -0.3 is 10.1 Å². The molecule has 1 aliphatic rings. The molecule has 27 heavy (non-hydrogen) atoms. The van der Waals surface area contributed by atoms with Crippen molar-refractivity contribution in [1.82, 2.24) is 5.32 Å². The standard InChI is InChI=1S/C23H26N2OS/c1-15(2)26-22-12-11-18(13-19(22)14-24)23(25-4)27-16(3)20-9-5-7-17-8-6-10-21(17)20/h5,7,9,11-13,15,23,25H,3,6,8,10H2,1-2,4H3. The molecule has 0 amide bonds. The maximum atomic E-state index is 9.50. The van der Waals surface area contributed by atoms with Crippen molar-refractivity contribution in [2.24, 2.45) is 0 Å². The van der Waals surface area contributed by atoms with Crippen molar-refractivity contribution in [3.8, 4) is 11.8 Å². The molecule has 2 aromatic rings. The predicted molar refractivity (Wildman–Crippen MR) is 114 cm³/mol. The first-order valence-corrected chi connectivity index (χ1v) is 10.3. The van der Waals surface area contributed by atoms with E-state index in [1.165, 1.54) is 29.5 Å². The van der Waals surface area contributed by atoms with Crippen LogP contribution in [0.2, 0.25) is 0 Å². The second-order valence-corrected chi connectivity index (χ2v) is 8.24. The lowest BCUT2D eigenvalue weighted by Crippen LogP contribution is -2.14. The Morgan fingerprint density at radius 3 is 2.78 bits per heavy atom. The Labute approximate surface area is 166 Å². The number of benzene rings is 2. The highest BCUT2D eigenvalue weighted by molar-refractivity contribution is 8.08. The monoisotopic (exact) mass is 378 g/mol. The van der Waals surface area contributed by atoms with Crippen LogP contribution in [0.4, 0.5) is 0 Å². The molecule has 0 heterocycles. The van der Waals surface area contributed by atoms with Crippen LogP contribution in [0.1, 0.15) is 53.5 Å². The third kappa shape index (κ3) is 4.37. The first kappa shape index (κ1) is 19.5. The summed E-state index contributed by atoms with van der Waals surface area (Å²) in [4.78, 5) is 1.06. The molecular weight excluding hydrogens is 352 g/mol. The number of ether oxygens (including phenoxy) is 1. The SMILES string of the molecule is C=C(SC(NC)c1ccc(OC(C)C)c(C#N)c1)c1cccc2c1CCC2. The fourth-order valence-corrected chi connectivity index (χ4v) is 4.54. The van der Waals surface area contributed by atoms with E-state index in [9.17, 15) is 5.26 Å². The molecule has 0 bridgehead atoms. The lowest BCUT2D eigenvalue weighted by atomic mass is 10.0. The first-order chi connectivity index (χ1) is 13.0. The van der Waals surface area contributed by atoms with Gasteiger partial charge in [0.2, 0.25) is 0 Å². The zero-order valence-electron chi connectivity index (χ0n) is 16.2. The van der Waals surface area contributed by atoms with Gasteiger partial charge in [0.1, 0.15) is 11.8 Å². The molecule has 2 aromatic carbocycles. The van der Waals surface area contributed by atoms with E-state index in [0.717, 1.165) is 16.9 Å². The van der Waals surface area contributed by atoms with Crippen LogP contribution in [0.5, 0.6) is 5.75 Å². The Morgan fingerprint density at radius 2 is 2.07 bits per heavy atom. The Hall–Kier alpha value is -2.22. The van der Waals surface area contributed by atoms with Crippen molar-refractivity contribution >= 4 is 16.7 Å². The molecule has 4 heteroatoms. The van der Waals surface area contributed by atoms with Crippen molar-refractivity contribution in [2.45, 2.75) is 44.6 Å². The van der Waals surface area contributed by atoms with E-state index in [1.807, 2.05) is 39.1 Å². The Balaban J connectivity index is 1.83. The van der Waals surface area contributed by atoms with Gasteiger partial charge in [-0.2, -0.15) is 5.26 Å². The summed E-state index contributed by atoms with van der Waals surface area (Å²) in [5, 5.41) is 12.9. The molecule has 0 spiro atoms. The third-order valence-corrected chi connectivity index (χ3v) is 6.01. The lowest BCUT2D eigenvalue weighted by Gasteiger charge is -2.20. The molecule has 1 atom stereocenters. The molecule has 1 unspecified atom stereocenters. The fourth-order valence-electron chi connectivity index (χ4n) is 3.54. The van der Waals surface area contributed by atoms with Crippen molar-refractivity contribution < 1.29 is 4.74 Å². The van der Waals surface area contributed by atoms with Crippen LogP contribution in [-0.4, -0.2) is 13.2 Å². The van der Waals surface area contributed by atoms with Crippen LogP contribution in [-0.2, 0) is 12.8 Å². The first-order valence-electron chi connectivity index (χ1n) is 9.38. The summed E-state index contributed by atoms with van der Waals surface area (Å²) < 4.78 is 5.74. The van der Waals surface area contributed by atoms with Crippen molar-refractivity contribution in [2.75, 3.05) is 7.05 Å². The molecular formula is C23H26N2OS. The van der Waals surface area contributed by atoms with Gasteiger partial charge in [0, 0.05) is 4.91 Å². The lowest BCUT2D eigenvalue weighted by molar-refractivity contribution is 0.241. The Bertz CT molecular complexity index is 882. The number of nitrogens with zero attached hydrogens (tertiary/aromatic N) is 1. The molecule has 0 saturated heterocycles. The van der Waals surface area contributed by atoms with Crippen LogP contribution in [0.25, 0.3) is 4.91 Å². The van der Waals surface area contributed by atoms with E-state index < -0.39 is 0 Å². The van der Waals surface area contributed by atoms with Gasteiger partial charge in [-0.15, -0.1) is 11.8 Å². The smallest absolute Gasteiger partial charge is 0.137 e. The molecule has 3 rings (SSSR count). The van der Waals surface area contributed by atoms with Crippen molar-refractivity contribution in [3.05, 3.63) is 70.8 Å². The molecule has 1 aliphatic carbocycles. The number of hydrogen-bond acceptors (Lipinski definition) is 4. The van der Waals surface area contributed by atoms with Crippen LogP contribution in [0.3, 0.4) is 0 Å². The summed E-state index contributed by atoms with van der Waals surface area (Å²) in [6.07, 6.45) is 3.56. The van der Waals surface area contributed by atoms with Gasteiger partial charge in [-0.05, 0) is 74.5 Å². The van der Waals surface area contributed by atoms with E-state index in [2.05, 4.69) is 36.2 Å². The van der Waals surface area contributed by atoms with E-state index in [0.29, 0.717) is 11.3 Å². The highest BCUT2D eigenvalue weighted by atomic mass is 32.2. The van der Waals surface area contributed by atoms with Crippen LogP contribution in [0, 0.1) is 11.3 Å². The minimum atomic E-state index is 0.0231. The summed E-state index contributed by atoms with van der Waals surface area (Å²) in [5.74, 6) is 0.635. The maximum Gasteiger partial charge on any atom is 0.137 e. The molecule has 0 aromatic heterocycles. The third-order valence-electron chi connectivity index (χ3n) is 4.76. The van der Waals surface area contributed by atoms with Gasteiger partial charge in [0.25, 0.3) is 0 Å². The maximum absolute atomic E-state index is 9.50. The minimum absolute atomic E-state index is 0.0231. The van der Waals surface area contributed by atoms with E-state index in [1.54, 1.807) is 11.8 Å². The predicted octanol–water partition coefficient (Wildman–Crippen LogP) is 5.46. The summed E-state index contributed by atoms with van der Waals surface area (Å²) in [5.41, 5.74) is 5.77. The number of nitriles is 1. The molecule has 140 valence electrons. The van der Waals surface area contributed by atoms with Gasteiger partial charge in [-0.1, -0.05) is 30.8 Å². The zero-order valence-corrected chi connectivity index (χ0v) is 17.0. The van der Waals surface area contributed by atoms with Gasteiger partial charge in [-0.3, -0.25) is 0 Å². The summed E-state index contributed by atoms with van der Waals surface area (Å²) in [7, 11) is 1.94. The largest absolute Gasteiger partial charge is 0.490 e. The topological polar surface area (TPSA) is 45.0 Å². The number of nitrogens with one attached hydrogen (secondary N) is 1. The van der Waals surface area contributed by atoms with E-state index in [4.69, 9.17) is 4.74 Å². The van der Waals surface area contributed by atoms with Gasteiger partial charge >= 0.3 is 0 Å². The van der Waals surface area contributed by atoms with Crippen molar-refractivity contribution in [1.29, 1.82) is 5.26 Å². The molecule has 0 aliphatic heterocycles. The minimum Gasteiger partial charge on any atom is -0.490 e. The summed E-state index contributed by atoms with van der Waals surface area (Å²) in [6, 6.07) is 14.6. The quantitative estimate of drug-likeness (QED) is 0.650. The normalized spacial score (nSPS) is 13.9. The van der Waals surface area contributed by atoms with Crippen molar-refractivity contribution in [3.63, 3.8) is 0 Å². The highest BCUT2D eigenvalue weighted by Crippen LogP contribution is 2.41. The Kier molecular flexibility index (Phi) is 6.26. The number of aryl methyl sites for hydroxylation is 1. The van der Waals surface area contributed by atoms with Crippen LogP contribution in [0.15, 0.2) is 43.0 Å². The van der Waals surface area contributed by atoms with E-state index >= 15 is 0 Å². The van der Waals surface area contributed by atoms with E-state index in [-0.39, 0.29) is 11.5 Å². The fraction of sp³-hybridized carbons (Fsp3) is 0.348. The van der Waals surface area contributed by atoms with Crippen LogP contribution >= 0.6 is 11.8 Å². The summed E-state index contributed by atoms with van der Waals surface area (Å²) >= 11 is 1.70. The molecule has 0 saturated carbocycles. The zero-order chi connectivity index (χ0) is 19.4. The highest BCUT2D eigenvalue weighted by Gasteiger charge is 2.20. The molecule has 0 radical (unpaired) electrons. The van der Waals surface area contributed by atoms with Gasteiger partial charge in [0.15, 0.2) is 0 Å². The van der Waals surface area contributed by atoms with Gasteiger partial charge in [0.05, 0.1) is 17.0 Å². The number of fused-ring (bicyclic) bond motifs is 1. The average molecular weight is 379 g/mol.